The topological polar surface area (TPSA) is 78.4 Å². The molecule has 5 heteroatoms. The summed E-state index contributed by atoms with van der Waals surface area (Å²) in [6, 6.07) is 15.2. The van der Waals surface area contributed by atoms with Gasteiger partial charge < -0.3 is 10.4 Å². The number of urea groups is 1. The number of phenols is 1. The van der Waals surface area contributed by atoms with Gasteiger partial charge in [-0.3, -0.25) is 10.1 Å². The van der Waals surface area contributed by atoms with Gasteiger partial charge in [-0.25, -0.2) is 4.79 Å². The third kappa shape index (κ3) is 2.49. The minimum absolute atomic E-state index is 0.135. The molecule has 0 unspecified atom stereocenters. The molecule has 1 heterocycles. The molecule has 3 amide bonds. The summed E-state index contributed by atoms with van der Waals surface area (Å²) in [5, 5.41) is 14.1. The predicted molar refractivity (Wildman–Crippen MR) is 77.2 cm³/mol. The molecule has 2 aromatic rings. The van der Waals surface area contributed by atoms with Crippen molar-refractivity contribution in [1.29, 1.82) is 0 Å². The van der Waals surface area contributed by atoms with Gasteiger partial charge in [0.05, 0.1) is 0 Å². The Morgan fingerprint density at radius 1 is 0.810 bits per heavy atom. The average molecular weight is 280 g/mol. The van der Waals surface area contributed by atoms with Crippen LogP contribution in [0.15, 0.2) is 60.3 Å². The minimum Gasteiger partial charge on any atom is -0.508 e. The second-order valence-electron chi connectivity index (χ2n) is 4.57. The zero-order chi connectivity index (χ0) is 14.8. The summed E-state index contributed by atoms with van der Waals surface area (Å²) < 4.78 is 0. The number of hydrogen-bond acceptors (Lipinski definition) is 3. The largest absolute Gasteiger partial charge is 0.508 e. The second-order valence-corrected chi connectivity index (χ2v) is 4.57. The van der Waals surface area contributed by atoms with Crippen LogP contribution in [0.2, 0.25) is 0 Å². The lowest BCUT2D eigenvalue weighted by Crippen LogP contribution is -2.22. The number of nitrogens with one attached hydrogen (secondary N) is 2. The van der Waals surface area contributed by atoms with Crippen LogP contribution in [-0.2, 0) is 4.79 Å². The maximum atomic E-state index is 11.9. The molecule has 1 fully saturated rings. The van der Waals surface area contributed by atoms with Crippen LogP contribution in [0.25, 0.3) is 5.57 Å². The molecule has 0 atom stereocenters. The Kier molecular flexibility index (Phi) is 3.16. The first-order chi connectivity index (χ1) is 10.1. The van der Waals surface area contributed by atoms with Crippen molar-refractivity contribution >= 4 is 17.5 Å². The summed E-state index contributed by atoms with van der Waals surface area (Å²) in [7, 11) is 0. The maximum absolute atomic E-state index is 11.9. The van der Waals surface area contributed by atoms with Crippen LogP contribution in [0.5, 0.6) is 5.75 Å². The fourth-order valence-electron chi connectivity index (χ4n) is 2.23. The zero-order valence-corrected chi connectivity index (χ0v) is 11.0. The van der Waals surface area contributed by atoms with E-state index in [-0.39, 0.29) is 11.4 Å². The first-order valence-corrected chi connectivity index (χ1v) is 6.36. The number of phenolic OH excluding ortho intramolecular Hbond substituents is 1. The molecule has 2 aromatic carbocycles. The highest BCUT2D eigenvalue weighted by atomic mass is 16.3. The van der Waals surface area contributed by atoms with Crippen LogP contribution in [-0.4, -0.2) is 17.0 Å². The monoisotopic (exact) mass is 280 g/mol. The van der Waals surface area contributed by atoms with E-state index in [9.17, 15) is 14.7 Å². The standard InChI is InChI=1S/C16H12N2O3/c19-12-8-6-11(7-9-12)13(10-4-2-1-3-5-10)14-15(20)18-16(21)17-14/h1-9,19H,(H2,17,18,20,21). The Balaban J connectivity index is 2.21. The third-order valence-corrected chi connectivity index (χ3v) is 3.16. The van der Waals surface area contributed by atoms with Gasteiger partial charge in [0.15, 0.2) is 0 Å². The first-order valence-electron chi connectivity index (χ1n) is 6.36. The summed E-state index contributed by atoms with van der Waals surface area (Å²) >= 11 is 0. The minimum atomic E-state index is -0.540. The molecular weight excluding hydrogens is 268 g/mol. The SMILES string of the molecule is O=C1NC(=O)C(=C(c2ccccc2)c2ccc(O)cc2)N1. The van der Waals surface area contributed by atoms with E-state index < -0.39 is 11.9 Å². The molecule has 1 aliphatic heterocycles. The second kappa shape index (κ2) is 5.13. The van der Waals surface area contributed by atoms with Crippen LogP contribution in [0, 0.1) is 0 Å². The molecule has 0 bridgehead atoms. The van der Waals surface area contributed by atoms with Gasteiger partial charge in [0.1, 0.15) is 11.4 Å². The fourth-order valence-corrected chi connectivity index (χ4v) is 2.23. The van der Waals surface area contributed by atoms with E-state index >= 15 is 0 Å². The Labute approximate surface area is 120 Å². The van der Waals surface area contributed by atoms with E-state index in [1.54, 1.807) is 12.1 Å². The number of carbonyl (C=O) groups excluding carboxylic acids is 2. The Morgan fingerprint density at radius 3 is 2.00 bits per heavy atom. The van der Waals surface area contributed by atoms with Crippen LogP contribution in [0.4, 0.5) is 4.79 Å². The average Bonchev–Trinajstić information content (AvgIpc) is 2.81. The van der Waals surface area contributed by atoms with Gasteiger partial charge in [-0.2, -0.15) is 0 Å². The molecule has 0 saturated carbocycles. The van der Waals surface area contributed by atoms with Crippen molar-refractivity contribution in [2.75, 3.05) is 0 Å². The van der Waals surface area contributed by atoms with Gasteiger partial charge in [-0.1, -0.05) is 42.5 Å². The maximum Gasteiger partial charge on any atom is 0.326 e. The number of imide groups is 1. The molecule has 1 saturated heterocycles. The lowest BCUT2D eigenvalue weighted by Gasteiger charge is -2.11. The van der Waals surface area contributed by atoms with Gasteiger partial charge in [-0.05, 0) is 23.3 Å². The number of aromatic hydroxyl groups is 1. The summed E-state index contributed by atoms with van der Waals surface area (Å²) in [5.41, 5.74) is 2.35. The van der Waals surface area contributed by atoms with Crippen LogP contribution in [0.1, 0.15) is 11.1 Å². The van der Waals surface area contributed by atoms with Gasteiger partial charge in [0, 0.05) is 5.57 Å². The van der Waals surface area contributed by atoms with E-state index in [2.05, 4.69) is 10.6 Å². The first kappa shape index (κ1) is 12.9. The van der Waals surface area contributed by atoms with Crippen molar-refractivity contribution < 1.29 is 14.7 Å². The van der Waals surface area contributed by atoms with Gasteiger partial charge in [0.2, 0.25) is 0 Å². The Hall–Kier alpha value is -3.08. The summed E-state index contributed by atoms with van der Waals surface area (Å²) in [5.74, 6) is -0.331. The van der Waals surface area contributed by atoms with Crippen molar-refractivity contribution in [3.05, 3.63) is 71.4 Å². The van der Waals surface area contributed by atoms with Crippen molar-refractivity contribution in [3.63, 3.8) is 0 Å². The molecule has 0 spiro atoms. The summed E-state index contributed by atoms with van der Waals surface area (Å²) in [4.78, 5) is 23.3. The Bertz CT molecular complexity index is 734. The molecule has 21 heavy (non-hydrogen) atoms. The van der Waals surface area contributed by atoms with E-state index in [1.807, 2.05) is 30.3 Å². The van der Waals surface area contributed by atoms with Crippen molar-refractivity contribution in [1.82, 2.24) is 10.6 Å². The van der Waals surface area contributed by atoms with Crippen molar-refractivity contribution in [3.8, 4) is 5.75 Å². The highest BCUT2D eigenvalue weighted by Gasteiger charge is 2.27. The lowest BCUT2D eigenvalue weighted by atomic mass is 9.95. The van der Waals surface area contributed by atoms with E-state index in [0.29, 0.717) is 5.57 Å². The molecule has 3 N–H and O–H groups in total. The van der Waals surface area contributed by atoms with Crippen molar-refractivity contribution in [2.24, 2.45) is 0 Å². The molecular formula is C16H12N2O3. The van der Waals surface area contributed by atoms with E-state index in [0.717, 1.165) is 11.1 Å². The predicted octanol–water partition coefficient (Wildman–Crippen LogP) is 1.99. The molecule has 1 aliphatic rings. The number of hydrogen-bond donors (Lipinski definition) is 3. The Morgan fingerprint density at radius 2 is 1.43 bits per heavy atom. The van der Waals surface area contributed by atoms with Crippen LogP contribution in [0.3, 0.4) is 0 Å². The third-order valence-electron chi connectivity index (χ3n) is 3.16. The van der Waals surface area contributed by atoms with Gasteiger partial charge in [-0.15, -0.1) is 0 Å². The zero-order valence-electron chi connectivity index (χ0n) is 11.0. The van der Waals surface area contributed by atoms with E-state index in [4.69, 9.17) is 0 Å². The summed E-state index contributed by atoms with van der Waals surface area (Å²) in [6.07, 6.45) is 0. The quantitative estimate of drug-likeness (QED) is 0.581. The van der Waals surface area contributed by atoms with Crippen LogP contribution < -0.4 is 10.6 Å². The fraction of sp³-hybridized carbons (Fsp3) is 0. The normalized spacial score (nSPS) is 16.4. The van der Waals surface area contributed by atoms with Crippen LogP contribution >= 0.6 is 0 Å². The molecule has 0 aromatic heterocycles. The lowest BCUT2D eigenvalue weighted by molar-refractivity contribution is -0.115. The highest BCUT2D eigenvalue weighted by Crippen LogP contribution is 2.28. The van der Waals surface area contributed by atoms with E-state index in [1.165, 1.54) is 12.1 Å². The number of rotatable bonds is 2. The van der Waals surface area contributed by atoms with Crippen molar-refractivity contribution in [2.45, 2.75) is 0 Å². The summed E-state index contributed by atoms with van der Waals surface area (Å²) in [6.45, 7) is 0. The molecule has 0 aliphatic carbocycles. The molecule has 3 rings (SSSR count). The number of amides is 3. The number of carbonyl (C=O) groups is 2. The molecule has 0 radical (unpaired) electrons. The molecule has 5 nitrogen and oxygen atoms in total. The highest BCUT2D eigenvalue weighted by molar-refractivity contribution is 6.17. The van der Waals surface area contributed by atoms with Gasteiger partial charge >= 0.3 is 6.03 Å². The molecule has 104 valence electrons. The number of benzene rings is 2. The van der Waals surface area contributed by atoms with Gasteiger partial charge in [0.25, 0.3) is 5.91 Å². The smallest absolute Gasteiger partial charge is 0.326 e.